The Balaban J connectivity index is 2.17. The lowest BCUT2D eigenvalue weighted by Crippen LogP contribution is -2.19. The SMILES string of the molecule is Fc1cc2c(C3=CCNCC3)c[nH]c2cc1Cl. The number of aromatic amines is 1. The fraction of sp³-hybridized carbons (Fsp3) is 0.231. The molecule has 1 aromatic carbocycles. The number of halogens is 2. The Labute approximate surface area is 103 Å². The Bertz CT molecular complexity index is 601. The van der Waals surface area contributed by atoms with Crippen LogP contribution in [0.15, 0.2) is 24.4 Å². The number of H-pyrrole nitrogens is 1. The molecule has 2 N–H and O–H groups in total. The average molecular weight is 251 g/mol. The van der Waals surface area contributed by atoms with E-state index in [1.54, 1.807) is 6.07 Å². The topological polar surface area (TPSA) is 27.8 Å². The molecule has 0 saturated carbocycles. The van der Waals surface area contributed by atoms with Gasteiger partial charge >= 0.3 is 0 Å². The van der Waals surface area contributed by atoms with E-state index in [0.717, 1.165) is 36.0 Å². The highest BCUT2D eigenvalue weighted by atomic mass is 35.5. The van der Waals surface area contributed by atoms with Crippen LogP contribution in [0.4, 0.5) is 4.39 Å². The Kier molecular flexibility index (Phi) is 2.65. The van der Waals surface area contributed by atoms with Gasteiger partial charge in [0.25, 0.3) is 0 Å². The normalized spacial score (nSPS) is 16.2. The van der Waals surface area contributed by atoms with Gasteiger partial charge < -0.3 is 10.3 Å². The van der Waals surface area contributed by atoms with Crippen LogP contribution >= 0.6 is 11.6 Å². The average Bonchev–Trinajstić information content (AvgIpc) is 2.74. The van der Waals surface area contributed by atoms with E-state index in [0.29, 0.717) is 0 Å². The number of nitrogens with one attached hydrogen (secondary N) is 2. The van der Waals surface area contributed by atoms with Crippen molar-refractivity contribution in [1.29, 1.82) is 0 Å². The summed E-state index contributed by atoms with van der Waals surface area (Å²) in [6, 6.07) is 3.14. The Morgan fingerprint density at radius 3 is 2.94 bits per heavy atom. The summed E-state index contributed by atoms with van der Waals surface area (Å²) in [6.07, 6.45) is 5.05. The van der Waals surface area contributed by atoms with Gasteiger partial charge in [0.1, 0.15) is 5.82 Å². The van der Waals surface area contributed by atoms with Crippen LogP contribution in [0.3, 0.4) is 0 Å². The highest BCUT2D eigenvalue weighted by Crippen LogP contribution is 2.30. The molecule has 1 aliphatic heterocycles. The number of benzene rings is 1. The molecule has 2 nitrogen and oxygen atoms in total. The lowest BCUT2D eigenvalue weighted by molar-refractivity contribution is 0.630. The second kappa shape index (κ2) is 4.17. The summed E-state index contributed by atoms with van der Waals surface area (Å²) < 4.78 is 13.5. The largest absolute Gasteiger partial charge is 0.361 e. The van der Waals surface area contributed by atoms with Crippen molar-refractivity contribution in [2.45, 2.75) is 6.42 Å². The highest BCUT2D eigenvalue weighted by molar-refractivity contribution is 6.31. The molecule has 2 heterocycles. The molecule has 17 heavy (non-hydrogen) atoms. The van der Waals surface area contributed by atoms with E-state index >= 15 is 0 Å². The first-order valence-corrected chi connectivity index (χ1v) is 6.00. The molecule has 1 aromatic heterocycles. The molecule has 0 spiro atoms. The maximum Gasteiger partial charge on any atom is 0.142 e. The van der Waals surface area contributed by atoms with E-state index < -0.39 is 0 Å². The van der Waals surface area contributed by atoms with Crippen molar-refractivity contribution in [1.82, 2.24) is 10.3 Å². The minimum atomic E-state index is -0.366. The number of fused-ring (bicyclic) bond motifs is 1. The fourth-order valence-corrected chi connectivity index (χ4v) is 2.41. The molecule has 0 saturated heterocycles. The van der Waals surface area contributed by atoms with E-state index in [9.17, 15) is 4.39 Å². The summed E-state index contributed by atoms with van der Waals surface area (Å²) in [5.41, 5.74) is 3.22. The van der Waals surface area contributed by atoms with Crippen LogP contribution in [0.5, 0.6) is 0 Å². The fourth-order valence-electron chi connectivity index (χ4n) is 2.25. The summed E-state index contributed by atoms with van der Waals surface area (Å²) in [5, 5.41) is 4.32. The van der Waals surface area contributed by atoms with Gasteiger partial charge in [-0.3, -0.25) is 0 Å². The molecule has 3 rings (SSSR count). The molecular weight excluding hydrogens is 239 g/mol. The summed E-state index contributed by atoms with van der Waals surface area (Å²) >= 11 is 5.76. The van der Waals surface area contributed by atoms with E-state index in [-0.39, 0.29) is 10.8 Å². The van der Waals surface area contributed by atoms with Crippen LogP contribution in [-0.4, -0.2) is 18.1 Å². The van der Waals surface area contributed by atoms with Crippen molar-refractivity contribution in [3.8, 4) is 0 Å². The minimum absolute atomic E-state index is 0.158. The molecular formula is C13H12ClFN2. The van der Waals surface area contributed by atoms with Gasteiger partial charge in [0.2, 0.25) is 0 Å². The zero-order chi connectivity index (χ0) is 11.8. The van der Waals surface area contributed by atoms with Crippen molar-refractivity contribution in [2.75, 3.05) is 13.1 Å². The third-order valence-corrected chi connectivity index (χ3v) is 3.42. The number of hydrogen-bond acceptors (Lipinski definition) is 1. The lowest BCUT2D eigenvalue weighted by atomic mass is 10.00. The number of hydrogen-bond donors (Lipinski definition) is 2. The molecule has 0 atom stereocenters. The number of rotatable bonds is 1. The monoisotopic (exact) mass is 250 g/mol. The van der Waals surface area contributed by atoms with E-state index in [1.807, 2.05) is 6.20 Å². The van der Waals surface area contributed by atoms with Gasteiger partial charge in [-0.2, -0.15) is 0 Å². The van der Waals surface area contributed by atoms with Crippen LogP contribution in [-0.2, 0) is 0 Å². The first-order valence-electron chi connectivity index (χ1n) is 5.62. The Hall–Kier alpha value is -1.32. The molecule has 4 heteroatoms. The van der Waals surface area contributed by atoms with Crippen LogP contribution in [0.2, 0.25) is 5.02 Å². The van der Waals surface area contributed by atoms with Gasteiger partial charge in [0.05, 0.1) is 5.02 Å². The molecule has 0 amide bonds. The van der Waals surface area contributed by atoms with E-state index in [2.05, 4.69) is 16.4 Å². The molecule has 88 valence electrons. The summed E-state index contributed by atoms with van der Waals surface area (Å²) in [7, 11) is 0. The summed E-state index contributed by atoms with van der Waals surface area (Å²) in [4.78, 5) is 3.14. The molecule has 1 aliphatic rings. The van der Waals surface area contributed by atoms with Crippen molar-refractivity contribution < 1.29 is 4.39 Å². The number of aromatic nitrogens is 1. The predicted octanol–water partition coefficient (Wildman–Crippen LogP) is 3.34. The zero-order valence-corrected chi connectivity index (χ0v) is 9.94. The van der Waals surface area contributed by atoms with Crippen LogP contribution in [0.1, 0.15) is 12.0 Å². The van der Waals surface area contributed by atoms with Gasteiger partial charge in [-0.25, -0.2) is 4.39 Å². The molecule has 2 aromatic rings. The van der Waals surface area contributed by atoms with Gasteiger partial charge in [0.15, 0.2) is 0 Å². The molecule has 0 radical (unpaired) electrons. The Morgan fingerprint density at radius 1 is 1.29 bits per heavy atom. The van der Waals surface area contributed by atoms with Crippen molar-refractivity contribution in [3.05, 3.63) is 40.8 Å². The van der Waals surface area contributed by atoms with Gasteiger partial charge in [0, 0.05) is 29.2 Å². The smallest absolute Gasteiger partial charge is 0.142 e. The van der Waals surface area contributed by atoms with Gasteiger partial charge in [-0.15, -0.1) is 0 Å². The zero-order valence-electron chi connectivity index (χ0n) is 9.19. The summed E-state index contributed by atoms with van der Waals surface area (Å²) in [6.45, 7) is 1.84. The Morgan fingerprint density at radius 2 is 2.18 bits per heavy atom. The maximum atomic E-state index is 13.5. The first kappa shape index (κ1) is 10.8. The van der Waals surface area contributed by atoms with Crippen molar-refractivity contribution >= 4 is 28.1 Å². The standard InChI is InChI=1S/C13H12ClFN2/c14-11-6-13-9(5-12(11)15)10(7-17-13)8-1-3-16-4-2-8/h1,5-7,16-17H,2-4H2. The quantitative estimate of drug-likeness (QED) is 0.798. The highest BCUT2D eigenvalue weighted by Gasteiger charge is 2.12. The first-order chi connectivity index (χ1) is 8.25. The minimum Gasteiger partial charge on any atom is -0.361 e. The third-order valence-electron chi connectivity index (χ3n) is 3.13. The van der Waals surface area contributed by atoms with Crippen molar-refractivity contribution in [3.63, 3.8) is 0 Å². The maximum absolute atomic E-state index is 13.5. The van der Waals surface area contributed by atoms with Crippen LogP contribution < -0.4 is 5.32 Å². The second-order valence-corrected chi connectivity index (χ2v) is 4.60. The molecule has 0 bridgehead atoms. The second-order valence-electron chi connectivity index (χ2n) is 4.20. The van der Waals surface area contributed by atoms with Gasteiger partial charge in [-0.05, 0) is 30.7 Å². The summed E-state index contributed by atoms with van der Waals surface area (Å²) in [5.74, 6) is -0.366. The lowest BCUT2D eigenvalue weighted by Gasteiger charge is -2.13. The van der Waals surface area contributed by atoms with Crippen LogP contribution in [0, 0.1) is 5.82 Å². The van der Waals surface area contributed by atoms with E-state index in [4.69, 9.17) is 11.6 Å². The van der Waals surface area contributed by atoms with Gasteiger partial charge in [-0.1, -0.05) is 17.7 Å². The molecule has 0 unspecified atom stereocenters. The molecule has 0 aliphatic carbocycles. The molecule has 0 fully saturated rings. The third kappa shape index (κ3) is 1.85. The predicted molar refractivity (Wildman–Crippen MR) is 68.7 cm³/mol. The van der Waals surface area contributed by atoms with Crippen LogP contribution in [0.25, 0.3) is 16.5 Å². The van der Waals surface area contributed by atoms with E-state index in [1.165, 1.54) is 11.6 Å². The van der Waals surface area contributed by atoms with Crippen molar-refractivity contribution in [2.24, 2.45) is 0 Å².